The first-order chi connectivity index (χ1) is 15.2. The van der Waals surface area contributed by atoms with Crippen molar-refractivity contribution < 1.29 is 14.2 Å². The van der Waals surface area contributed by atoms with E-state index in [1.807, 2.05) is 54.6 Å². The highest BCUT2D eigenvalue weighted by Crippen LogP contribution is 2.21. The van der Waals surface area contributed by atoms with Crippen molar-refractivity contribution in [1.29, 1.82) is 0 Å². The molecular weight excluding hydrogens is 402 g/mol. The Bertz CT molecular complexity index is 1130. The first-order valence-electron chi connectivity index (χ1n) is 9.38. The lowest BCUT2D eigenvalue weighted by Crippen LogP contribution is -2.32. The zero-order valence-corrected chi connectivity index (χ0v) is 16.3. The third kappa shape index (κ3) is 5.00. The van der Waals surface area contributed by atoms with E-state index in [4.69, 9.17) is 10.5 Å². The van der Waals surface area contributed by atoms with Gasteiger partial charge in [0.15, 0.2) is 0 Å². The van der Waals surface area contributed by atoms with E-state index in [1.165, 1.54) is 4.68 Å². The van der Waals surface area contributed by atoms with Gasteiger partial charge in [-0.1, -0.05) is 35.4 Å². The van der Waals surface area contributed by atoms with Gasteiger partial charge in [0, 0.05) is 19.6 Å². The van der Waals surface area contributed by atoms with Crippen LogP contribution in [0.3, 0.4) is 0 Å². The topological polar surface area (TPSA) is 159 Å². The summed E-state index contributed by atoms with van der Waals surface area (Å²) in [6, 6.07) is 17.3. The van der Waals surface area contributed by atoms with Crippen LogP contribution in [-0.2, 0) is 6.54 Å². The van der Waals surface area contributed by atoms with Crippen LogP contribution in [0.5, 0.6) is 11.8 Å². The lowest BCUT2D eigenvalue weighted by molar-refractivity contribution is 0.0944. The Morgan fingerprint density at radius 2 is 1.87 bits per heavy atom. The molecule has 12 nitrogen and oxygen atoms in total. The van der Waals surface area contributed by atoms with Gasteiger partial charge in [-0.25, -0.2) is 4.63 Å². The molecule has 0 unspecified atom stereocenters. The minimum Gasteiger partial charge on any atom is -0.423 e. The van der Waals surface area contributed by atoms with Crippen molar-refractivity contribution >= 4 is 11.7 Å². The van der Waals surface area contributed by atoms with Gasteiger partial charge in [-0.3, -0.25) is 4.79 Å². The molecule has 4 rings (SSSR count). The molecule has 0 aliphatic heterocycles. The van der Waals surface area contributed by atoms with Crippen LogP contribution in [0.15, 0.2) is 59.2 Å². The van der Waals surface area contributed by atoms with Crippen LogP contribution < -0.4 is 21.1 Å². The van der Waals surface area contributed by atoms with Crippen molar-refractivity contribution in [2.45, 2.75) is 6.54 Å². The van der Waals surface area contributed by atoms with Gasteiger partial charge in [0.2, 0.25) is 11.5 Å². The maximum Gasteiger partial charge on any atom is 0.345 e. The van der Waals surface area contributed by atoms with Crippen LogP contribution in [0.25, 0.3) is 5.69 Å². The summed E-state index contributed by atoms with van der Waals surface area (Å²) in [5.74, 6) is 0.146. The molecule has 0 aliphatic carbocycles. The second kappa shape index (κ2) is 9.45. The van der Waals surface area contributed by atoms with Crippen LogP contribution in [0.4, 0.5) is 5.82 Å². The highest BCUT2D eigenvalue weighted by molar-refractivity contribution is 5.95. The van der Waals surface area contributed by atoms with Crippen LogP contribution in [-0.4, -0.2) is 49.5 Å². The fraction of sp³-hybridized carbons (Fsp3) is 0.158. The van der Waals surface area contributed by atoms with Crippen molar-refractivity contribution in [1.82, 2.24) is 41.2 Å². The molecule has 0 saturated carbocycles. The number of rotatable bonds is 9. The Balaban J connectivity index is 1.24. The molecular formula is C19H19N9O3. The van der Waals surface area contributed by atoms with Gasteiger partial charge >= 0.3 is 6.01 Å². The second-order valence-electron chi connectivity index (χ2n) is 6.39. The summed E-state index contributed by atoms with van der Waals surface area (Å²) in [6.45, 7) is 1.57. The molecule has 0 aliphatic rings. The maximum atomic E-state index is 11.8. The van der Waals surface area contributed by atoms with Crippen molar-refractivity contribution in [3.8, 4) is 17.4 Å². The Morgan fingerprint density at radius 1 is 1.06 bits per heavy atom. The summed E-state index contributed by atoms with van der Waals surface area (Å²) in [7, 11) is 0. The van der Waals surface area contributed by atoms with Gasteiger partial charge in [-0.2, -0.15) is 4.68 Å². The molecule has 2 heterocycles. The highest BCUT2D eigenvalue weighted by atomic mass is 16.6. The van der Waals surface area contributed by atoms with Crippen LogP contribution >= 0.6 is 0 Å². The predicted molar refractivity (Wildman–Crippen MR) is 108 cm³/mol. The Hall–Kier alpha value is -4.32. The number of amides is 1. The molecule has 1 amide bonds. The van der Waals surface area contributed by atoms with Crippen molar-refractivity contribution in [2.75, 3.05) is 18.8 Å². The van der Waals surface area contributed by atoms with E-state index in [1.54, 1.807) is 0 Å². The number of hydrogen-bond donors (Lipinski definition) is 3. The number of aromatic nitrogens is 6. The van der Waals surface area contributed by atoms with E-state index >= 15 is 0 Å². The van der Waals surface area contributed by atoms with Gasteiger partial charge in [0.05, 0.1) is 5.69 Å². The average Bonchev–Trinajstić information content (AvgIpc) is 3.44. The number of para-hydroxylation sites is 1. The maximum absolute atomic E-state index is 11.8. The molecule has 31 heavy (non-hydrogen) atoms. The number of nitrogens with two attached hydrogens (primary N) is 1. The summed E-state index contributed by atoms with van der Waals surface area (Å²) in [5.41, 5.74) is 7.31. The van der Waals surface area contributed by atoms with E-state index in [-0.39, 0.29) is 17.5 Å². The third-order valence-corrected chi connectivity index (χ3v) is 4.22. The van der Waals surface area contributed by atoms with Crippen molar-refractivity contribution in [3.63, 3.8) is 0 Å². The molecule has 0 saturated heterocycles. The standard InChI is InChI=1S/C19H19N9O3/c20-17-16(24-31-25-17)18(29)22-11-10-21-12-13-6-8-15(9-7-13)30-19-23-26-27-28(19)14-4-2-1-3-5-14/h1-9,21H,10-12H2,(H2,20,25)(H,22,29). The number of nitrogens with zero attached hydrogens (tertiary/aromatic N) is 6. The summed E-state index contributed by atoms with van der Waals surface area (Å²) >= 11 is 0. The third-order valence-electron chi connectivity index (χ3n) is 4.22. The second-order valence-corrected chi connectivity index (χ2v) is 6.39. The zero-order chi connectivity index (χ0) is 21.5. The molecule has 0 bridgehead atoms. The molecule has 0 radical (unpaired) electrons. The molecule has 4 aromatic rings. The normalized spacial score (nSPS) is 10.7. The predicted octanol–water partition coefficient (Wildman–Crippen LogP) is 0.939. The van der Waals surface area contributed by atoms with E-state index in [0.717, 1.165) is 11.3 Å². The first kappa shape index (κ1) is 20.0. The highest BCUT2D eigenvalue weighted by Gasteiger charge is 2.15. The van der Waals surface area contributed by atoms with Gasteiger partial charge < -0.3 is 21.1 Å². The van der Waals surface area contributed by atoms with Crippen LogP contribution in [0, 0.1) is 0 Å². The number of hydrogen-bond acceptors (Lipinski definition) is 10. The lowest BCUT2D eigenvalue weighted by atomic mass is 10.2. The van der Waals surface area contributed by atoms with E-state index in [0.29, 0.717) is 25.4 Å². The van der Waals surface area contributed by atoms with E-state index in [2.05, 4.69) is 41.1 Å². The van der Waals surface area contributed by atoms with Gasteiger partial charge in [-0.15, -0.1) is 0 Å². The molecule has 0 spiro atoms. The quantitative estimate of drug-likeness (QED) is 0.332. The minimum absolute atomic E-state index is 0.0196. The molecule has 2 aromatic carbocycles. The van der Waals surface area contributed by atoms with E-state index < -0.39 is 5.91 Å². The average molecular weight is 421 g/mol. The summed E-state index contributed by atoms with van der Waals surface area (Å²) in [4.78, 5) is 11.8. The number of carbonyl (C=O) groups is 1. The SMILES string of the molecule is Nc1nonc1C(=O)NCCNCc1ccc(Oc2nnnn2-c2ccccc2)cc1. The summed E-state index contributed by atoms with van der Waals surface area (Å²) in [6.07, 6.45) is 0. The largest absolute Gasteiger partial charge is 0.423 e. The molecule has 0 atom stereocenters. The molecule has 158 valence electrons. The van der Waals surface area contributed by atoms with Crippen molar-refractivity contribution in [3.05, 3.63) is 65.9 Å². The summed E-state index contributed by atoms with van der Waals surface area (Å²) < 4.78 is 11.7. The monoisotopic (exact) mass is 421 g/mol. The first-order valence-corrected chi connectivity index (χ1v) is 9.38. The van der Waals surface area contributed by atoms with Gasteiger partial charge in [-0.05, 0) is 50.6 Å². The van der Waals surface area contributed by atoms with E-state index in [9.17, 15) is 4.79 Å². The number of benzene rings is 2. The Labute approximate surface area is 176 Å². The molecule has 12 heteroatoms. The molecule has 0 fully saturated rings. The summed E-state index contributed by atoms with van der Waals surface area (Å²) in [5, 5.41) is 24.3. The fourth-order valence-electron chi connectivity index (χ4n) is 2.69. The Morgan fingerprint density at radius 3 is 2.61 bits per heavy atom. The zero-order valence-electron chi connectivity index (χ0n) is 16.3. The van der Waals surface area contributed by atoms with Gasteiger partial charge in [0.1, 0.15) is 5.75 Å². The lowest BCUT2D eigenvalue weighted by Gasteiger charge is -2.08. The van der Waals surface area contributed by atoms with Crippen molar-refractivity contribution in [2.24, 2.45) is 0 Å². The number of tetrazole rings is 1. The Kier molecular flexibility index (Phi) is 6.09. The minimum atomic E-state index is -0.431. The van der Waals surface area contributed by atoms with Gasteiger partial charge in [0.25, 0.3) is 5.91 Å². The van der Waals surface area contributed by atoms with Crippen LogP contribution in [0.1, 0.15) is 16.1 Å². The molecule has 4 N–H and O–H groups in total. The number of nitrogens with one attached hydrogen (secondary N) is 2. The number of anilines is 1. The smallest absolute Gasteiger partial charge is 0.345 e. The number of carbonyl (C=O) groups excluding carboxylic acids is 1. The van der Waals surface area contributed by atoms with Crippen LogP contribution in [0.2, 0.25) is 0 Å². The molecule has 2 aromatic heterocycles. The number of ether oxygens (including phenoxy) is 1. The fourth-order valence-corrected chi connectivity index (χ4v) is 2.69. The number of nitrogen functional groups attached to an aromatic ring is 1.